The molecule has 0 saturated carbocycles. The molecule has 2 aromatic carbocycles. The Labute approximate surface area is 182 Å². The van der Waals surface area contributed by atoms with Crippen LogP contribution in [0.2, 0.25) is 0 Å². The molecule has 1 fully saturated rings. The number of fused-ring (bicyclic) bond motifs is 1. The number of anilines is 1. The lowest BCUT2D eigenvalue weighted by Gasteiger charge is -2.22. The van der Waals surface area contributed by atoms with Crippen LogP contribution in [0.3, 0.4) is 0 Å². The van der Waals surface area contributed by atoms with Gasteiger partial charge >= 0.3 is 6.03 Å². The predicted octanol–water partition coefficient (Wildman–Crippen LogP) is 2.72. The molecule has 1 atom stereocenters. The molecule has 31 heavy (non-hydrogen) atoms. The molecule has 0 aliphatic carbocycles. The maximum Gasteiger partial charge on any atom is 0.325 e. The van der Waals surface area contributed by atoms with Gasteiger partial charge in [0.15, 0.2) is 5.13 Å². The van der Waals surface area contributed by atoms with E-state index in [1.807, 2.05) is 6.07 Å². The van der Waals surface area contributed by atoms with Crippen LogP contribution in [0.5, 0.6) is 11.5 Å². The van der Waals surface area contributed by atoms with Crippen LogP contribution in [0.1, 0.15) is 12.5 Å². The van der Waals surface area contributed by atoms with Crippen molar-refractivity contribution in [2.75, 3.05) is 26.1 Å². The van der Waals surface area contributed by atoms with Crippen LogP contribution >= 0.6 is 11.3 Å². The maximum absolute atomic E-state index is 13.0. The normalized spacial score (nSPS) is 18.2. The molecule has 3 aromatic rings. The van der Waals surface area contributed by atoms with E-state index in [1.54, 1.807) is 57.5 Å². The zero-order valence-electron chi connectivity index (χ0n) is 17.1. The summed E-state index contributed by atoms with van der Waals surface area (Å²) in [5.41, 5.74) is 0.0358. The second kappa shape index (κ2) is 7.88. The number of amides is 4. The van der Waals surface area contributed by atoms with E-state index in [9.17, 15) is 14.4 Å². The molecule has 0 spiro atoms. The van der Waals surface area contributed by atoms with Gasteiger partial charge in [-0.3, -0.25) is 14.5 Å². The molecular formula is C21H20N4O5S. The van der Waals surface area contributed by atoms with Crippen LogP contribution in [-0.2, 0) is 15.1 Å². The number of imide groups is 1. The van der Waals surface area contributed by atoms with Crippen LogP contribution in [0.25, 0.3) is 10.2 Å². The summed E-state index contributed by atoms with van der Waals surface area (Å²) >= 11 is 1.28. The second-order valence-corrected chi connectivity index (χ2v) is 8.11. The number of benzene rings is 2. The van der Waals surface area contributed by atoms with Crippen molar-refractivity contribution in [2.45, 2.75) is 12.5 Å². The number of rotatable bonds is 6. The third-order valence-corrected chi connectivity index (χ3v) is 6.02. The molecule has 10 heteroatoms. The maximum atomic E-state index is 13.0. The van der Waals surface area contributed by atoms with Gasteiger partial charge in [-0.15, -0.1) is 0 Å². The Balaban J connectivity index is 1.47. The monoisotopic (exact) mass is 440 g/mol. The van der Waals surface area contributed by atoms with Gasteiger partial charge in [0.05, 0.1) is 24.4 Å². The molecule has 1 aliphatic heterocycles. The largest absolute Gasteiger partial charge is 0.497 e. The summed E-state index contributed by atoms with van der Waals surface area (Å²) in [6.07, 6.45) is 0. The summed E-state index contributed by atoms with van der Waals surface area (Å²) in [4.78, 5) is 43.2. The molecule has 2 N–H and O–H groups in total. The van der Waals surface area contributed by atoms with Crippen molar-refractivity contribution in [3.63, 3.8) is 0 Å². The summed E-state index contributed by atoms with van der Waals surface area (Å²) in [5.74, 6) is 0.292. The number of nitrogens with zero attached hydrogens (tertiary/aromatic N) is 2. The van der Waals surface area contributed by atoms with E-state index >= 15 is 0 Å². The number of nitrogens with one attached hydrogen (secondary N) is 2. The lowest BCUT2D eigenvalue weighted by atomic mass is 9.92. The van der Waals surface area contributed by atoms with E-state index in [0.717, 1.165) is 9.60 Å². The van der Waals surface area contributed by atoms with Gasteiger partial charge in [-0.25, -0.2) is 9.78 Å². The highest BCUT2D eigenvalue weighted by molar-refractivity contribution is 7.22. The van der Waals surface area contributed by atoms with Gasteiger partial charge in [-0.1, -0.05) is 23.5 Å². The molecule has 2 heterocycles. The Morgan fingerprint density at radius 3 is 2.48 bits per heavy atom. The van der Waals surface area contributed by atoms with Crippen LogP contribution in [-0.4, -0.2) is 48.5 Å². The standard InChI is InChI=1S/C21H20N4O5S/c1-21(12-4-6-13(29-2)7-5-12)18(27)25(20(28)24-21)11-17(26)23-19-22-15-9-8-14(30-3)10-16(15)31-19/h4-10H,11H2,1-3H3,(H,24,28)(H,22,23,26)/t21-/m1/s1. The van der Waals surface area contributed by atoms with Gasteiger partial charge in [0, 0.05) is 0 Å². The first-order valence-corrected chi connectivity index (χ1v) is 10.2. The van der Waals surface area contributed by atoms with E-state index in [2.05, 4.69) is 15.6 Å². The summed E-state index contributed by atoms with van der Waals surface area (Å²) in [7, 11) is 3.12. The van der Waals surface area contributed by atoms with Crippen molar-refractivity contribution in [1.82, 2.24) is 15.2 Å². The van der Waals surface area contributed by atoms with Crippen molar-refractivity contribution >= 4 is 44.5 Å². The molecule has 160 valence electrons. The van der Waals surface area contributed by atoms with Crippen molar-refractivity contribution in [3.8, 4) is 11.5 Å². The number of carbonyl (C=O) groups excluding carboxylic acids is 3. The quantitative estimate of drug-likeness (QED) is 0.571. The Hall–Kier alpha value is -3.66. The first kappa shape index (κ1) is 20.6. The van der Waals surface area contributed by atoms with E-state index in [1.165, 1.54) is 11.3 Å². The fourth-order valence-corrected chi connectivity index (χ4v) is 4.26. The number of urea groups is 1. The van der Waals surface area contributed by atoms with Crippen LogP contribution in [0, 0.1) is 0 Å². The lowest BCUT2D eigenvalue weighted by molar-refractivity contribution is -0.133. The van der Waals surface area contributed by atoms with E-state index in [-0.39, 0.29) is 0 Å². The Morgan fingerprint density at radius 1 is 1.13 bits per heavy atom. The Kier molecular flexibility index (Phi) is 5.24. The molecule has 1 saturated heterocycles. The molecule has 4 amide bonds. The predicted molar refractivity (Wildman–Crippen MR) is 115 cm³/mol. The highest BCUT2D eigenvalue weighted by Crippen LogP contribution is 2.31. The fraction of sp³-hybridized carbons (Fsp3) is 0.238. The number of thiazole rings is 1. The first-order valence-electron chi connectivity index (χ1n) is 9.37. The summed E-state index contributed by atoms with van der Waals surface area (Å²) < 4.78 is 11.2. The topological polar surface area (TPSA) is 110 Å². The summed E-state index contributed by atoms with van der Waals surface area (Å²) in [6.45, 7) is 1.18. The number of methoxy groups -OCH3 is 2. The molecular weight excluding hydrogens is 420 g/mol. The molecule has 4 rings (SSSR count). The van der Waals surface area contributed by atoms with Crippen molar-refractivity contribution in [2.24, 2.45) is 0 Å². The highest BCUT2D eigenvalue weighted by atomic mass is 32.1. The van der Waals surface area contributed by atoms with E-state index < -0.39 is 29.9 Å². The number of hydrogen-bond acceptors (Lipinski definition) is 7. The van der Waals surface area contributed by atoms with Crippen LogP contribution < -0.4 is 20.1 Å². The first-order chi connectivity index (χ1) is 14.8. The van der Waals surface area contributed by atoms with Crippen molar-refractivity contribution in [1.29, 1.82) is 0 Å². The average Bonchev–Trinajstić information content (AvgIpc) is 3.26. The van der Waals surface area contributed by atoms with Gasteiger partial charge < -0.3 is 20.1 Å². The van der Waals surface area contributed by atoms with Gasteiger partial charge in [-0.2, -0.15) is 0 Å². The van der Waals surface area contributed by atoms with Crippen molar-refractivity contribution in [3.05, 3.63) is 48.0 Å². The summed E-state index contributed by atoms with van der Waals surface area (Å²) in [5, 5.41) is 5.71. The minimum Gasteiger partial charge on any atom is -0.497 e. The number of hydrogen-bond donors (Lipinski definition) is 2. The fourth-order valence-electron chi connectivity index (χ4n) is 3.35. The smallest absolute Gasteiger partial charge is 0.325 e. The third-order valence-electron chi connectivity index (χ3n) is 5.09. The molecule has 0 unspecified atom stereocenters. The van der Waals surface area contributed by atoms with Crippen molar-refractivity contribution < 1.29 is 23.9 Å². The Bertz CT molecular complexity index is 1180. The SMILES string of the molecule is COc1ccc([C@@]2(C)NC(=O)N(CC(=O)Nc3nc4ccc(OC)cc4s3)C2=O)cc1. The minimum atomic E-state index is -1.27. The van der Waals surface area contributed by atoms with Gasteiger partial charge in [0.1, 0.15) is 23.6 Å². The minimum absolute atomic E-state index is 0.373. The van der Waals surface area contributed by atoms with E-state index in [0.29, 0.717) is 27.7 Å². The third kappa shape index (κ3) is 3.77. The summed E-state index contributed by atoms with van der Waals surface area (Å²) in [6, 6.07) is 11.6. The van der Waals surface area contributed by atoms with Crippen LogP contribution in [0.4, 0.5) is 9.93 Å². The number of ether oxygens (including phenoxy) is 2. The Morgan fingerprint density at radius 2 is 1.81 bits per heavy atom. The second-order valence-electron chi connectivity index (χ2n) is 7.08. The lowest BCUT2D eigenvalue weighted by Crippen LogP contribution is -2.42. The van der Waals surface area contributed by atoms with Crippen LogP contribution in [0.15, 0.2) is 42.5 Å². The van der Waals surface area contributed by atoms with Gasteiger partial charge in [0.25, 0.3) is 5.91 Å². The number of carbonyl (C=O) groups is 3. The molecule has 0 bridgehead atoms. The molecule has 1 aliphatic rings. The zero-order chi connectivity index (χ0) is 22.2. The average molecular weight is 440 g/mol. The molecule has 9 nitrogen and oxygen atoms in total. The van der Waals surface area contributed by atoms with Gasteiger partial charge in [0.2, 0.25) is 5.91 Å². The zero-order valence-corrected chi connectivity index (χ0v) is 17.9. The van der Waals surface area contributed by atoms with Gasteiger partial charge in [-0.05, 0) is 42.8 Å². The highest BCUT2D eigenvalue weighted by Gasteiger charge is 2.49. The molecule has 0 radical (unpaired) electrons. The molecule has 1 aromatic heterocycles. The van der Waals surface area contributed by atoms with E-state index in [4.69, 9.17) is 9.47 Å². The number of aromatic nitrogens is 1.